The molecule has 1 unspecified atom stereocenters. The Morgan fingerprint density at radius 3 is 1.85 bits per heavy atom. The fraction of sp³-hybridized carbons (Fsp3) is 0.0385. The van der Waals surface area contributed by atoms with Crippen LogP contribution in [0.25, 0.3) is 64.5 Å². The molecule has 0 aliphatic heterocycles. The molecule has 2 aromatic heterocycles. The van der Waals surface area contributed by atoms with Gasteiger partial charge in [-0.1, -0.05) is 158 Å². The molecule has 0 spiro atoms. The normalized spacial score (nSPS) is 14.0. The van der Waals surface area contributed by atoms with Crippen LogP contribution in [0.15, 0.2) is 200 Å². The minimum Gasteiger partial charge on any atom is -0.309 e. The monoisotopic (exact) mass is 720 g/mol. The highest BCUT2D eigenvalue weighted by Crippen LogP contribution is 2.49. The number of para-hydroxylation sites is 3. The topological polar surface area (TPSA) is 8.17 Å². The molecule has 0 radical (unpaired) electrons. The van der Waals surface area contributed by atoms with Gasteiger partial charge in [0.15, 0.2) is 0 Å². The Bertz CT molecular complexity index is 3020. The molecule has 0 saturated heterocycles. The van der Waals surface area contributed by atoms with Crippen molar-refractivity contribution in [2.24, 2.45) is 0 Å². The lowest BCUT2D eigenvalue weighted by atomic mass is 9.80. The number of rotatable bonds is 6. The Kier molecular flexibility index (Phi) is 7.53. The molecule has 11 rings (SSSR count). The van der Waals surface area contributed by atoms with Crippen LogP contribution in [-0.2, 0) is 0 Å². The first-order chi connectivity index (χ1) is 27.3. The highest BCUT2D eigenvalue weighted by Gasteiger charge is 2.30. The molecule has 1 atom stereocenters. The van der Waals surface area contributed by atoms with Gasteiger partial charge < -0.3 is 9.47 Å². The van der Waals surface area contributed by atoms with E-state index in [4.69, 9.17) is 0 Å². The Hall–Kier alpha value is -6.68. The van der Waals surface area contributed by atoms with E-state index in [0.29, 0.717) is 0 Å². The maximum Gasteiger partial charge on any atom is 0.0640 e. The molecule has 3 heteroatoms. The second-order valence-electron chi connectivity index (χ2n) is 14.4. The number of thiophene rings is 1. The maximum absolute atomic E-state index is 2.51. The van der Waals surface area contributed by atoms with Crippen LogP contribution >= 0.6 is 11.3 Å². The highest BCUT2D eigenvalue weighted by atomic mass is 32.1. The van der Waals surface area contributed by atoms with Gasteiger partial charge in [-0.3, -0.25) is 0 Å². The van der Waals surface area contributed by atoms with Gasteiger partial charge in [0.05, 0.1) is 21.4 Å². The second kappa shape index (κ2) is 13.0. The molecule has 0 fully saturated rings. The van der Waals surface area contributed by atoms with Gasteiger partial charge in [-0.2, -0.15) is 0 Å². The number of anilines is 2. The van der Waals surface area contributed by atoms with Gasteiger partial charge in [0.1, 0.15) is 0 Å². The van der Waals surface area contributed by atoms with E-state index in [1.165, 1.54) is 86.9 Å². The number of hydrogen-bond acceptors (Lipinski definition) is 2. The molecule has 0 amide bonds. The highest BCUT2D eigenvalue weighted by molar-refractivity contribution is 7.26. The van der Waals surface area contributed by atoms with Crippen LogP contribution in [-0.4, -0.2) is 4.57 Å². The fourth-order valence-corrected chi connectivity index (χ4v) is 10.1. The van der Waals surface area contributed by atoms with Crippen LogP contribution < -0.4 is 4.90 Å². The van der Waals surface area contributed by atoms with Crippen molar-refractivity contribution in [1.29, 1.82) is 0 Å². The molecule has 55 heavy (non-hydrogen) atoms. The average molecular weight is 721 g/mol. The van der Waals surface area contributed by atoms with Crippen molar-refractivity contribution >= 4 is 70.4 Å². The Labute approximate surface area is 324 Å². The molecule has 0 saturated carbocycles. The number of aromatic nitrogens is 1. The minimum atomic E-state index is 0.179. The third kappa shape index (κ3) is 5.15. The van der Waals surface area contributed by atoms with Crippen LogP contribution in [0.2, 0.25) is 0 Å². The summed E-state index contributed by atoms with van der Waals surface area (Å²) in [7, 11) is 0. The Morgan fingerprint density at radius 1 is 0.473 bits per heavy atom. The molecule has 10 aromatic rings. The summed E-state index contributed by atoms with van der Waals surface area (Å²) in [5, 5.41) is 5.17. The van der Waals surface area contributed by atoms with Crippen LogP contribution in [0.5, 0.6) is 0 Å². The first-order valence-electron chi connectivity index (χ1n) is 19.0. The molecule has 2 nitrogen and oxygen atoms in total. The summed E-state index contributed by atoms with van der Waals surface area (Å²) in [6, 6.07) is 71.1. The van der Waals surface area contributed by atoms with E-state index in [2.05, 4.69) is 210 Å². The van der Waals surface area contributed by atoms with E-state index >= 15 is 0 Å². The molecule has 1 aliphatic carbocycles. The molecule has 0 bridgehead atoms. The SMILES string of the molecule is C1=C(N(c2ccc(-c3ccccc3)cc2)c2cccc3c2sc2ccccc23)c2ccccc2C(c2ccccc2-n2c3ccccc3c3ccccc32)C1. The molecular weight excluding hydrogens is 685 g/mol. The first kappa shape index (κ1) is 31.8. The van der Waals surface area contributed by atoms with Crippen molar-refractivity contribution in [2.45, 2.75) is 12.3 Å². The van der Waals surface area contributed by atoms with Crippen molar-refractivity contribution < 1.29 is 0 Å². The third-order valence-electron chi connectivity index (χ3n) is 11.4. The lowest BCUT2D eigenvalue weighted by Gasteiger charge is -2.35. The minimum absolute atomic E-state index is 0.179. The molecule has 260 valence electrons. The maximum atomic E-state index is 2.51. The second-order valence-corrected chi connectivity index (χ2v) is 15.4. The summed E-state index contributed by atoms with van der Waals surface area (Å²) in [5.74, 6) is 0.179. The average Bonchev–Trinajstić information content (AvgIpc) is 3.81. The number of fused-ring (bicyclic) bond motifs is 7. The van der Waals surface area contributed by atoms with Gasteiger partial charge in [0.2, 0.25) is 0 Å². The zero-order chi connectivity index (χ0) is 36.3. The van der Waals surface area contributed by atoms with Crippen molar-refractivity contribution in [3.05, 3.63) is 217 Å². The van der Waals surface area contributed by atoms with E-state index < -0.39 is 0 Å². The van der Waals surface area contributed by atoms with Gasteiger partial charge in [0.25, 0.3) is 0 Å². The Balaban J connectivity index is 1.10. The molecule has 0 N–H and O–H groups in total. The van der Waals surface area contributed by atoms with E-state index in [9.17, 15) is 0 Å². The van der Waals surface area contributed by atoms with Gasteiger partial charge >= 0.3 is 0 Å². The zero-order valence-electron chi connectivity index (χ0n) is 30.1. The molecule has 8 aromatic carbocycles. The molecular formula is C52H36N2S. The summed E-state index contributed by atoms with van der Waals surface area (Å²) in [5.41, 5.74) is 13.7. The quantitative estimate of drug-likeness (QED) is 0.166. The molecule has 2 heterocycles. The van der Waals surface area contributed by atoms with E-state index in [1.807, 2.05) is 11.3 Å². The van der Waals surface area contributed by atoms with Crippen molar-refractivity contribution in [2.75, 3.05) is 4.90 Å². The van der Waals surface area contributed by atoms with E-state index in [1.54, 1.807) is 0 Å². The fourth-order valence-electron chi connectivity index (χ4n) is 8.92. The number of allylic oxidation sites excluding steroid dienone is 1. The summed E-state index contributed by atoms with van der Waals surface area (Å²) in [6.07, 6.45) is 3.37. The summed E-state index contributed by atoms with van der Waals surface area (Å²) in [6.45, 7) is 0. The van der Waals surface area contributed by atoms with Gasteiger partial charge in [-0.05, 0) is 71.1 Å². The lowest BCUT2D eigenvalue weighted by Crippen LogP contribution is -2.21. The van der Waals surface area contributed by atoms with Crippen molar-refractivity contribution in [3.63, 3.8) is 0 Å². The van der Waals surface area contributed by atoms with Crippen molar-refractivity contribution in [1.82, 2.24) is 4.57 Å². The summed E-state index contributed by atoms with van der Waals surface area (Å²) < 4.78 is 5.09. The van der Waals surface area contributed by atoms with Gasteiger partial charge in [-0.15, -0.1) is 11.3 Å². The lowest BCUT2D eigenvalue weighted by molar-refractivity contribution is 0.804. The number of benzene rings is 8. The van der Waals surface area contributed by atoms with E-state index in [-0.39, 0.29) is 5.92 Å². The van der Waals surface area contributed by atoms with Gasteiger partial charge in [0, 0.05) is 54.8 Å². The van der Waals surface area contributed by atoms with Crippen LogP contribution in [0.4, 0.5) is 11.4 Å². The van der Waals surface area contributed by atoms with Crippen molar-refractivity contribution in [3.8, 4) is 16.8 Å². The van der Waals surface area contributed by atoms with Crippen LogP contribution in [0.1, 0.15) is 29.0 Å². The standard InChI is InChI=1S/C52H36N2S/c1-2-15-35(16-3-1)36-29-31-37(32-30-36)53(50-27-14-23-45-44-22-9-13-28-51(44)55-52(45)50)49-34-33-39(38-17-4-5-18-40(38)49)41-19-6-10-24-46(41)54-47-25-11-7-20-42(47)43-21-8-12-26-48(43)54/h1-32,34,39H,33H2. The van der Waals surface area contributed by atoms with E-state index in [0.717, 1.165) is 12.1 Å². The summed E-state index contributed by atoms with van der Waals surface area (Å²) in [4.78, 5) is 2.51. The van der Waals surface area contributed by atoms with Crippen LogP contribution in [0, 0.1) is 0 Å². The van der Waals surface area contributed by atoms with Gasteiger partial charge in [-0.25, -0.2) is 0 Å². The Morgan fingerprint density at radius 2 is 1.07 bits per heavy atom. The largest absolute Gasteiger partial charge is 0.309 e. The zero-order valence-corrected chi connectivity index (χ0v) is 31.0. The predicted molar refractivity (Wildman–Crippen MR) is 235 cm³/mol. The van der Waals surface area contributed by atoms with Crippen LogP contribution in [0.3, 0.4) is 0 Å². The third-order valence-corrected chi connectivity index (χ3v) is 12.6. The first-order valence-corrected chi connectivity index (χ1v) is 19.9. The predicted octanol–water partition coefficient (Wildman–Crippen LogP) is 14.5. The number of nitrogens with zero attached hydrogens (tertiary/aromatic N) is 2. The number of hydrogen-bond donors (Lipinski definition) is 0. The smallest absolute Gasteiger partial charge is 0.0640 e. The summed E-state index contributed by atoms with van der Waals surface area (Å²) >= 11 is 1.88. The molecule has 1 aliphatic rings.